The van der Waals surface area contributed by atoms with Crippen molar-refractivity contribution in [3.05, 3.63) is 65.5 Å². The van der Waals surface area contributed by atoms with Crippen molar-refractivity contribution in [2.45, 2.75) is 51.0 Å². The zero-order valence-electron chi connectivity index (χ0n) is 15.7. The summed E-state index contributed by atoms with van der Waals surface area (Å²) in [6.07, 6.45) is 9.81. The van der Waals surface area contributed by atoms with Crippen LogP contribution in [0.1, 0.15) is 53.6 Å². The molecule has 0 bridgehead atoms. The van der Waals surface area contributed by atoms with Crippen LogP contribution < -0.4 is 5.32 Å². The summed E-state index contributed by atoms with van der Waals surface area (Å²) in [6.45, 7) is 0. The number of carbonyl (C=O) groups is 2. The molecule has 1 aliphatic rings. The van der Waals surface area contributed by atoms with Gasteiger partial charge in [0.1, 0.15) is 0 Å². The van der Waals surface area contributed by atoms with E-state index in [2.05, 4.69) is 22.4 Å². The van der Waals surface area contributed by atoms with E-state index in [-0.39, 0.29) is 18.3 Å². The Bertz CT molecular complexity index is 713. The second-order valence-electron chi connectivity index (χ2n) is 6.64. The quantitative estimate of drug-likeness (QED) is 0.675. The van der Waals surface area contributed by atoms with E-state index < -0.39 is 6.16 Å². The third-order valence-corrected chi connectivity index (χ3v) is 4.61. The summed E-state index contributed by atoms with van der Waals surface area (Å²) in [5, 5.41) is 17.1. The van der Waals surface area contributed by atoms with Gasteiger partial charge in [0.15, 0.2) is 0 Å². The smallest absolute Gasteiger partial charge is 0.450 e. The molecule has 1 fully saturated rings. The van der Waals surface area contributed by atoms with Crippen LogP contribution in [0.25, 0.3) is 0 Å². The molecule has 0 atom stereocenters. The van der Waals surface area contributed by atoms with E-state index in [1.54, 1.807) is 0 Å². The van der Waals surface area contributed by atoms with Gasteiger partial charge in [-0.1, -0.05) is 31.4 Å². The van der Waals surface area contributed by atoms with Crippen molar-refractivity contribution in [2.24, 2.45) is 0 Å². The Balaban J connectivity index is 0.000000717. The van der Waals surface area contributed by atoms with Crippen molar-refractivity contribution in [1.29, 1.82) is 0 Å². The first-order valence-corrected chi connectivity index (χ1v) is 9.25. The molecule has 3 N–H and O–H groups in total. The van der Waals surface area contributed by atoms with Crippen molar-refractivity contribution >= 4 is 24.5 Å². The fourth-order valence-electron chi connectivity index (χ4n) is 3.18. The Morgan fingerprint density at radius 3 is 1.93 bits per heavy atom. The zero-order chi connectivity index (χ0) is 19.5. The minimum absolute atomic E-state index is 0. The minimum atomic E-state index is -1.83. The van der Waals surface area contributed by atoms with E-state index in [4.69, 9.17) is 15.0 Å². The number of aromatic nitrogens is 1. The number of nitrogens with one attached hydrogen (secondary N) is 1. The fraction of sp³-hybridized carbons (Fsp3) is 0.381. The fourth-order valence-corrected chi connectivity index (χ4v) is 3.18. The van der Waals surface area contributed by atoms with Crippen LogP contribution in [0.4, 0.5) is 4.79 Å². The molecule has 6 nitrogen and oxygen atoms in total. The monoisotopic (exact) mass is 406 g/mol. The molecule has 1 aromatic heterocycles. The van der Waals surface area contributed by atoms with E-state index >= 15 is 0 Å². The molecule has 7 heteroatoms. The molecule has 1 heterocycles. The molecule has 1 saturated carbocycles. The van der Waals surface area contributed by atoms with Crippen LogP contribution in [0.3, 0.4) is 0 Å². The van der Waals surface area contributed by atoms with Crippen LogP contribution >= 0.6 is 12.4 Å². The summed E-state index contributed by atoms with van der Waals surface area (Å²) in [6, 6.07) is 12.5. The maximum absolute atomic E-state index is 12.3. The molecule has 28 heavy (non-hydrogen) atoms. The highest BCUT2D eigenvalue weighted by atomic mass is 35.5. The SMILES string of the molecule is Cl.O=C(NC1CCCCC1)c1ccc(CCc2ccncc2)cc1.O=C(O)O. The molecule has 152 valence electrons. The van der Waals surface area contributed by atoms with Crippen LogP contribution in [-0.4, -0.2) is 33.3 Å². The van der Waals surface area contributed by atoms with Crippen LogP contribution in [-0.2, 0) is 12.8 Å². The molecule has 0 saturated heterocycles. The van der Waals surface area contributed by atoms with Gasteiger partial charge in [-0.15, -0.1) is 12.4 Å². The van der Waals surface area contributed by atoms with Gasteiger partial charge in [0.05, 0.1) is 0 Å². The lowest BCUT2D eigenvalue weighted by atomic mass is 9.95. The lowest BCUT2D eigenvalue weighted by Crippen LogP contribution is -2.36. The van der Waals surface area contributed by atoms with Crippen LogP contribution in [0.2, 0.25) is 0 Å². The first-order valence-electron chi connectivity index (χ1n) is 9.25. The summed E-state index contributed by atoms with van der Waals surface area (Å²) < 4.78 is 0. The number of amides is 1. The van der Waals surface area contributed by atoms with Gasteiger partial charge in [0, 0.05) is 24.0 Å². The summed E-state index contributed by atoms with van der Waals surface area (Å²) in [4.78, 5) is 24.9. The van der Waals surface area contributed by atoms with Gasteiger partial charge in [-0.3, -0.25) is 9.78 Å². The number of carboxylic acid groups (broad SMARTS) is 2. The summed E-state index contributed by atoms with van der Waals surface area (Å²) in [5.41, 5.74) is 3.32. The number of aryl methyl sites for hydroxylation is 2. The molecule has 0 radical (unpaired) electrons. The van der Waals surface area contributed by atoms with E-state index in [9.17, 15) is 4.79 Å². The number of halogens is 1. The Morgan fingerprint density at radius 1 is 0.893 bits per heavy atom. The number of pyridine rings is 1. The van der Waals surface area contributed by atoms with Crippen molar-refractivity contribution in [3.8, 4) is 0 Å². The van der Waals surface area contributed by atoms with Gasteiger partial charge in [-0.25, -0.2) is 4.79 Å². The van der Waals surface area contributed by atoms with E-state index in [0.29, 0.717) is 6.04 Å². The van der Waals surface area contributed by atoms with Crippen LogP contribution in [0, 0.1) is 0 Å². The van der Waals surface area contributed by atoms with E-state index in [1.807, 2.05) is 36.7 Å². The second-order valence-corrected chi connectivity index (χ2v) is 6.64. The predicted octanol–water partition coefficient (Wildman–Crippen LogP) is 4.57. The van der Waals surface area contributed by atoms with Gasteiger partial charge < -0.3 is 15.5 Å². The summed E-state index contributed by atoms with van der Waals surface area (Å²) in [5.74, 6) is 0.0672. The average Bonchev–Trinajstić information content (AvgIpc) is 2.68. The highest BCUT2D eigenvalue weighted by Gasteiger charge is 2.16. The van der Waals surface area contributed by atoms with Crippen LogP contribution in [0.15, 0.2) is 48.8 Å². The number of hydrogen-bond acceptors (Lipinski definition) is 3. The highest BCUT2D eigenvalue weighted by molar-refractivity contribution is 5.94. The van der Waals surface area contributed by atoms with Crippen LogP contribution in [0.5, 0.6) is 0 Å². The lowest BCUT2D eigenvalue weighted by Gasteiger charge is -2.22. The lowest BCUT2D eigenvalue weighted by molar-refractivity contribution is 0.0927. The third-order valence-electron chi connectivity index (χ3n) is 4.61. The molecule has 1 amide bonds. The molecule has 0 aliphatic heterocycles. The number of carbonyl (C=O) groups excluding carboxylic acids is 1. The Kier molecular flexibility index (Phi) is 10.7. The number of nitrogens with zero attached hydrogens (tertiary/aromatic N) is 1. The summed E-state index contributed by atoms with van der Waals surface area (Å²) in [7, 11) is 0. The predicted molar refractivity (Wildman–Crippen MR) is 110 cm³/mol. The van der Waals surface area contributed by atoms with Gasteiger partial charge in [0.25, 0.3) is 5.91 Å². The maximum Gasteiger partial charge on any atom is 0.503 e. The van der Waals surface area contributed by atoms with Crippen molar-refractivity contribution in [3.63, 3.8) is 0 Å². The van der Waals surface area contributed by atoms with Gasteiger partial charge in [-0.05, 0) is 61.1 Å². The molecule has 0 spiro atoms. The average molecular weight is 407 g/mol. The maximum atomic E-state index is 12.3. The van der Waals surface area contributed by atoms with Gasteiger partial charge in [0.2, 0.25) is 0 Å². The molecule has 3 rings (SSSR count). The van der Waals surface area contributed by atoms with E-state index in [0.717, 1.165) is 31.2 Å². The highest BCUT2D eigenvalue weighted by Crippen LogP contribution is 2.18. The number of hydrogen-bond donors (Lipinski definition) is 3. The van der Waals surface area contributed by atoms with E-state index in [1.165, 1.54) is 30.4 Å². The second kappa shape index (κ2) is 12.7. The first-order chi connectivity index (χ1) is 13.0. The third kappa shape index (κ3) is 8.86. The summed E-state index contributed by atoms with van der Waals surface area (Å²) >= 11 is 0. The molecule has 1 aromatic carbocycles. The number of rotatable bonds is 5. The van der Waals surface area contributed by atoms with Crippen molar-refractivity contribution in [2.75, 3.05) is 0 Å². The molecular formula is C21H27ClN2O4. The standard InChI is InChI=1S/C20H24N2O.CH2O3.ClH/c23-20(22-19-4-2-1-3-5-19)18-10-8-16(9-11-18)6-7-17-12-14-21-15-13-17;2-1(3)4;/h8-15,19H,1-7H2,(H,22,23);(H2,2,3,4);1H. The Morgan fingerprint density at radius 2 is 1.39 bits per heavy atom. The minimum Gasteiger partial charge on any atom is -0.450 e. The van der Waals surface area contributed by atoms with Crippen molar-refractivity contribution < 1.29 is 19.8 Å². The Hall–Kier alpha value is -2.60. The normalized spacial score (nSPS) is 13.4. The van der Waals surface area contributed by atoms with Gasteiger partial charge >= 0.3 is 6.16 Å². The van der Waals surface area contributed by atoms with Gasteiger partial charge in [-0.2, -0.15) is 0 Å². The molecule has 2 aromatic rings. The molecular weight excluding hydrogens is 380 g/mol. The number of benzene rings is 1. The molecule has 1 aliphatic carbocycles. The largest absolute Gasteiger partial charge is 0.503 e. The zero-order valence-corrected chi connectivity index (χ0v) is 16.5. The molecule has 0 unspecified atom stereocenters. The Labute approximate surface area is 171 Å². The first kappa shape index (κ1) is 23.4. The topological polar surface area (TPSA) is 99.5 Å². The van der Waals surface area contributed by atoms with Crippen molar-refractivity contribution in [1.82, 2.24) is 10.3 Å².